The molecule has 128 valence electrons. The number of piperidine rings is 1. The van der Waals surface area contributed by atoms with E-state index in [-0.39, 0.29) is 23.6 Å². The van der Waals surface area contributed by atoms with Gasteiger partial charge in [0.15, 0.2) is 0 Å². The van der Waals surface area contributed by atoms with Gasteiger partial charge in [0.1, 0.15) is 0 Å². The number of nitrogens with one attached hydrogen (secondary N) is 1. The summed E-state index contributed by atoms with van der Waals surface area (Å²) in [6, 6.07) is 0.145. The van der Waals surface area contributed by atoms with Crippen molar-refractivity contribution in [3.63, 3.8) is 0 Å². The van der Waals surface area contributed by atoms with Gasteiger partial charge in [0.25, 0.3) is 0 Å². The first-order valence-electron chi connectivity index (χ1n) is 8.81. The third-order valence-electron chi connectivity index (χ3n) is 4.93. The number of amides is 1. The summed E-state index contributed by atoms with van der Waals surface area (Å²) in [7, 11) is -3.10. The third kappa shape index (κ3) is 4.95. The van der Waals surface area contributed by atoms with Crippen LogP contribution in [0.25, 0.3) is 0 Å². The molecule has 1 saturated heterocycles. The van der Waals surface area contributed by atoms with Crippen LogP contribution in [0.2, 0.25) is 0 Å². The molecule has 0 atom stereocenters. The molecule has 22 heavy (non-hydrogen) atoms. The zero-order valence-corrected chi connectivity index (χ0v) is 14.5. The molecule has 0 aromatic rings. The van der Waals surface area contributed by atoms with Gasteiger partial charge in [-0.3, -0.25) is 4.79 Å². The number of rotatable bonds is 6. The van der Waals surface area contributed by atoms with Crippen molar-refractivity contribution >= 4 is 15.9 Å². The van der Waals surface area contributed by atoms with Gasteiger partial charge in [0.05, 0.1) is 5.75 Å². The molecular formula is C16H30N2O3S. The predicted octanol–water partition coefficient (Wildman–Crippen LogP) is 2.28. The lowest BCUT2D eigenvalue weighted by Gasteiger charge is -2.32. The van der Waals surface area contributed by atoms with E-state index in [9.17, 15) is 13.2 Å². The third-order valence-corrected chi connectivity index (χ3v) is 6.88. The lowest BCUT2D eigenvalue weighted by atomic mass is 9.88. The lowest BCUT2D eigenvalue weighted by molar-refractivity contribution is -0.126. The van der Waals surface area contributed by atoms with Crippen molar-refractivity contribution in [1.29, 1.82) is 0 Å². The number of carbonyl (C=O) groups excluding carboxylic acids is 1. The van der Waals surface area contributed by atoms with E-state index in [0.29, 0.717) is 13.1 Å². The van der Waals surface area contributed by atoms with Crippen LogP contribution in [0.1, 0.15) is 64.7 Å². The Labute approximate surface area is 134 Å². The normalized spacial score (nSPS) is 22.6. The van der Waals surface area contributed by atoms with Gasteiger partial charge in [-0.1, -0.05) is 32.6 Å². The predicted molar refractivity (Wildman–Crippen MR) is 88.0 cm³/mol. The smallest absolute Gasteiger partial charge is 0.223 e. The molecule has 0 bridgehead atoms. The second kappa shape index (κ2) is 8.29. The molecule has 1 aliphatic heterocycles. The van der Waals surface area contributed by atoms with Crippen LogP contribution in [0.5, 0.6) is 0 Å². The molecule has 0 unspecified atom stereocenters. The van der Waals surface area contributed by atoms with Crippen LogP contribution < -0.4 is 5.32 Å². The molecule has 1 aliphatic carbocycles. The van der Waals surface area contributed by atoms with Gasteiger partial charge in [-0.25, -0.2) is 12.7 Å². The maximum Gasteiger partial charge on any atom is 0.223 e. The summed E-state index contributed by atoms with van der Waals surface area (Å²) in [5, 5.41) is 3.14. The summed E-state index contributed by atoms with van der Waals surface area (Å²) in [5.41, 5.74) is 0. The Morgan fingerprint density at radius 2 is 1.73 bits per heavy atom. The molecule has 0 aromatic carbocycles. The average molecular weight is 330 g/mol. The minimum Gasteiger partial charge on any atom is -0.353 e. The minimum atomic E-state index is -3.10. The molecule has 1 heterocycles. The minimum absolute atomic E-state index is 0.145. The molecule has 2 rings (SSSR count). The quantitative estimate of drug-likeness (QED) is 0.812. The topological polar surface area (TPSA) is 66.5 Å². The molecule has 1 amide bonds. The molecular weight excluding hydrogens is 300 g/mol. The van der Waals surface area contributed by atoms with Crippen molar-refractivity contribution < 1.29 is 13.2 Å². The van der Waals surface area contributed by atoms with E-state index >= 15 is 0 Å². The Hall–Kier alpha value is -0.620. The Balaban J connectivity index is 1.76. The highest BCUT2D eigenvalue weighted by Gasteiger charge is 2.29. The zero-order chi connectivity index (χ0) is 16.0. The summed E-state index contributed by atoms with van der Waals surface area (Å²) in [5.74, 6) is 0.620. The number of carbonyl (C=O) groups is 1. The fourth-order valence-corrected chi connectivity index (χ4v) is 5.10. The molecule has 0 radical (unpaired) electrons. The van der Waals surface area contributed by atoms with Crippen LogP contribution in [-0.4, -0.2) is 43.5 Å². The number of hydrogen-bond acceptors (Lipinski definition) is 3. The van der Waals surface area contributed by atoms with Crippen molar-refractivity contribution in [2.24, 2.45) is 5.92 Å². The van der Waals surface area contributed by atoms with Crippen molar-refractivity contribution in [3.05, 3.63) is 0 Å². The number of nitrogens with zero attached hydrogens (tertiary/aromatic N) is 1. The van der Waals surface area contributed by atoms with Crippen molar-refractivity contribution in [3.8, 4) is 0 Å². The molecule has 0 aromatic heterocycles. The summed E-state index contributed by atoms with van der Waals surface area (Å²) in [4.78, 5) is 12.2. The van der Waals surface area contributed by atoms with Crippen LogP contribution in [0, 0.1) is 5.92 Å². The molecule has 1 N–H and O–H groups in total. The van der Waals surface area contributed by atoms with Gasteiger partial charge in [-0.2, -0.15) is 0 Å². The van der Waals surface area contributed by atoms with Crippen LogP contribution in [0.3, 0.4) is 0 Å². The largest absolute Gasteiger partial charge is 0.353 e. The molecule has 5 nitrogen and oxygen atoms in total. The molecule has 2 fully saturated rings. The first-order chi connectivity index (χ1) is 10.5. The van der Waals surface area contributed by atoms with E-state index in [4.69, 9.17) is 0 Å². The summed E-state index contributed by atoms with van der Waals surface area (Å²) in [6.45, 7) is 3.09. The maximum atomic E-state index is 12.2. The van der Waals surface area contributed by atoms with Crippen molar-refractivity contribution in [2.75, 3.05) is 18.8 Å². The second-order valence-electron chi connectivity index (χ2n) is 6.69. The maximum absolute atomic E-state index is 12.2. The van der Waals surface area contributed by atoms with Gasteiger partial charge in [-0.15, -0.1) is 0 Å². The summed E-state index contributed by atoms with van der Waals surface area (Å²) in [6.07, 6.45) is 8.68. The van der Waals surface area contributed by atoms with E-state index < -0.39 is 10.0 Å². The fraction of sp³-hybridized carbons (Fsp3) is 0.938. The summed E-state index contributed by atoms with van der Waals surface area (Å²) < 4.78 is 25.9. The van der Waals surface area contributed by atoms with Gasteiger partial charge < -0.3 is 5.32 Å². The Kier molecular flexibility index (Phi) is 6.68. The number of sulfonamides is 1. The van der Waals surface area contributed by atoms with E-state index in [2.05, 4.69) is 5.32 Å². The first-order valence-corrected chi connectivity index (χ1v) is 10.4. The van der Waals surface area contributed by atoms with Crippen molar-refractivity contribution in [1.82, 2.24) is 9.62 Å². The fourth-order valence-electron chi connectivity index (χ4n) is 3.42. The Morgan fingerprint density at radius 1 is 1.09 bits per heavy atom. The van der Waals surface area contributed by atoms with Crippen LogP contribution in [-0.2, 0) is 14.8 Å². The zero-order valence-electron chi connectivity index (χ0n) is 13.7. The molecule has 0 spiro atoms. The standard InChI is InChI=1S/C16H30N2O3S/c1-2-3-13-22(20,21)18-11-9-15(10-12-18)17-16(19)14-7-5-4-6-8-14/h14-15H,2-13H2,1H3,(H,17,19). The van der Waals surface area contributed by atoms with Crippen LogP contribution in [0.4, 0.5) is 0 Å². The van der Waals surface area contributed by atoms with Gasteiger partial charge in [0.2, 0.25) is 15.9 Å². The first kappa shape index (κ1) is 17.7. The highest BCUT2D eigenvalue weighted by atomic mass is 32.2. The van der Waals surface area contributed by atoms with Crippen LogP contribution >= 0.6 is 0 Å². The molecule has 2 aliphatic rings. The molecule has 6 heteroatoms. The Bertz CT molecular complexity index is 450. The number of hydrogen-bond donors (Lipinski definition) is 1. The van der Waals surface area contributed by atoms with Crippen LogP contribution in [0.15, 0.2) is 0 Å². The van der Waals surface area contributed by atoms with Crippen molar-refractivity contribution in [2.45, 2.75) is 70.8 Å². The van der Waals surface area contributed by atoms with Gasteiger partial charge in [0, 0.05) is 25.0 Å². The molecule has 1 saturated carbocycles. The monoisotopic (exact) mass is 330 g/mol. The van der Waals surface area contributed by atoms with E-state index in [1.165, 1.54) is 6.42 Å². The van der Waals surface area contributed by atoms with E-state index in [0.717, 1.165) is 51.4 Å². The average Bonchev–Trinajstić information content (AvgIpc) is 2.54. The van der Waals surface area contributed by atoms with Gasteiger partial charge in [-0.05, 0) is 32.1 Å². The van der Waals surface area contributed by atoms with Gasteiger partial charge >= 0.3 is 0 Å². The summed E-state index contributed by atoms with van der Waals surface area (Å²) >= 11 is 0. The number of unbranched alkanes of at least 4 members (excludes halogenated alkanes) is 1. The lowest BCUT2D eigenvalue weighted by Crippen LogP contribution is -2.48. The highest BCUT2D eigenvalue weighted by molar-refractivity contribution is 7.89. The Morgan fingerprint density at radius 3 is 2.32 bits per heavy atom. The van der Waals surface area contributed by atoms with E-state index in [1.54, 1.807) is 4.31 Å². The highest BCUT2D eigenvalue weighted by Crippen LogP contribution is 2.24. The van der Waals surface area contributed by atoms with E-state index in [1.807, 2.05) is 6.92 Å². The second-order valence-corrected chi connectivity index (χ2v) is 8.77. The SMILES string of the molecule is CCCCS(=O)(=O)N1CCC(NC(=O)C2CCCCC2)CC1.